The van der Waals surface area contributed by atoms with E-state index in [1.807, 2.05) is 12.1 Å². The summed E-state index contributed by atoms with van der Waals surface area (Å²) in [6.07, 6.45) is 3.93. The van der Waals surface area contributed by atoms with Gasteiger partial charge in [0.1, 0.15) is 13.2 Å². The highest BCUT2D eigenvalue weighted by atomic mass is 16.6. The zero-order valence-electron chi connectivity index (χ0n) is 12.1. The van der Waals surface area contributed by atoms with Gasteiger partial charge in [-0.25, -0.2) is 0 Å². The number of ether oxygens (including phenoxy) is 2. The van der Waals surface area contributed by atoms with Crippen LogP contribution in [-0.4, -0.2) is 25.2 Å². The van der Waals surface area contributed by atoms with Crippen LogP contribution in [0, 0.1) is 45.3 Å². The summed E-state index contributed by atoms with van der Waals surface area (Å²) in [5.41, 5.74) is -2.27. The summed E-state index contributed by atoms with van der Waals surface area (Å²) in [4.78, 5) is 23.7. The highest BCUT2D eigenvalue weighted by molar-refractivity contribution is 5.85. The van der Waals surface area contributed by atoms with E-state index >= 15 is 0 Å². The van der Waals surface area contributed by atoms with Gasteiger partial charge in [0.25, 0.3) is 0 Å². The molecule has 0 aromatic carbocycles. The molecule has 0 amide bonds. The molecular weight excluding hydrogens is 284 g/mol. The number of allylic oxidation sites excluding steroid dienone is 2. The number of carbonyl (C=O) groups excluding carboxylic acids is 2. The highest BCUT2D eigenvalue weighted by Gasteiger charge is 2.62. The molecule has 0 bridgehead atoms. The summed E-state index contributed by atoms with van der Waals surface area (Å²) in [6.45, 7) is 6.84. The third-order valence-corrected chi connectivity index (χ3v) is 4.28. The van der Waals surface area contributed by atoms with Crippen LogP contribution >= 0.6 is 0 Å². The average Bonchev–Trinajstić information content (AvgIpc) is 3.43. The van der Waals surface area contributed by atoms with Gasteiger partial charge in [0.2, 0.25) is 0 Å². The Hall–Kier alpha value is -2.60. The first-order chi connectivity index (χ1) is 10.5. The van der Waals surface area contributed by atoms with E-state index in [4.69, 9.17) is 20.0 Å². The first kappa shape index (κ1) is 15.8. The van der Waals surface area contributed by atoms with Crippen molar-refractivity contribution in [1.82, 2.24) is 0 Å². The molecule has 2 rings (SSSR count). The topological polar surface area (TPSA) is 100 Å². The fourth-order valence-corrected chi connectivity index (χ4v) is 2.49. The van der Waals surface area contributed by atoms with Gasteiger partial charge in [-0.05, 0) is 12.8 Å². The van der Waals surface area contributed by atoms with Crippen LogP contribution in [-0.2, 0) is 19.1 Å². The molecule has 114 valence electrons. The lowest BCUT2D eigenvalue weighted by atomic mass is 10.1. The van der Waals surface area contributed by atoms with Gasteiger partial charge in [-0.1, -0.05) is 12.2 Å². The van der Waals surface area contributed by atoms with Crippen LogP contribution in [0.15, 0.2) is 25.3 Å². The zero-order valence-corrected chi connectivity index (χ0v) is 12.1. The van der Waals surface area contributed by atoms with Gasteiger partial charge in [-0.2, -0.15) is 10.5 Å². The molecule has 0 aromatic rings. The second-order valence-electron chi connectivity index (χ2n) is 5.53. The van der Waals surface area contributed by atoms with Gasteiger partial charge in [0.05, 0.1) is 12.1 Å². The van der Waals surface area contributed by atoms with Crippen LogP contribution < -0.4 is 0 Å². The Morgan fingerprint density at radius 2 is 1.36 bits per heavy atom. The smallest absolute Gasteiger partial charge is 0.327 e. The van der Waals surface area contributed by atoms with Crippen molar-refractivity contribution in [3.8, 4) is 12.1 Å². The third kappa shape index (κ3) is 2.37. The van der Waals surface area contributed by atoms with E-state index in [1.54, 1.807) is 12.2 Å². The van der Waals surface area contributed by atoms with Gasteiger partial charge in [-0.15, -0.1) is 13.2 Å². The van der Waals surface area contributed by atoms with E-state index in [0.29, 0.717) is 12.8 Å². The van der Waals surface area contributed by atoms with E-state index in [9.17, 15) is 9.59 Å². The van der Waals surface area contributed by atoms with Crippen molar-refractivity contribution in [3.63, 3.8) is 0 Å². The maximum atomic E-state index is 11.8. The average molecular weight is 300 g/mol. The second kappa shape index (κ2) is 5.65. The van der Waals surface area contributed by atoms with Gasteiger partial charge >= 0.3 is 11.9 Å². The SMILES string of the molecule is C=CC1CC1(C#N)C(=O)OCCOC(=O)C1(C#N)CC1C=C. The Bertz CT molecular complexity index is 561. The molecule has 4 unspecified atom stereocenters. The first-order valence-corrected chi connectivity index (χ1v) is 6.93. The molecule has 4 atom stereocenters. The van der Waals surface area contributed by atoms with Gasteiger partial charge in [0.15, 0.2) is 10.8 Å². The summed E-state index contributed by atoms with van der Waals surface area (Å²) in [7, 11) is 0. The van der Waals surface area contributed by atoms with Gasteiger partial charge in [-0.3, -0.25) is 9.59 Å². The molecule has 2 aliphatic carbocycles. The largest absolute Gasteiger partial charge is 0.461 e. The third-order valence-electron chi connectivity index (χ3n) is 4.28. The molecule has 6 nitrogen and oxygen atoms in total. The van der Waals surface area contributed by atoms with Crippen molar-refractivity contribution in [2.24, 2.45) is 22.7 Å². The molecule has 0 aromatic heterocycles. The number of esters is 2. The van der Waals surface area contributed by atoms with Gasteiger partial charge < -0.3 is 9.47 Å². The fraction of sp³-hybridized carbons (Fsp3) is 0.500. The van der Waals surface area contributed by atoms with E-state index in [2.05, 4.69) is 13.2 Å². The second-order valence-corrected chi connectivity index (χ2v) is 5.53. The van der Waals surface area contributed by atoms with Crippen LogP contribution in [0.5, 0.6) is 0 Å². The van der Waals surface area contributed by atoms with E-state index in [-0.39, 0.29) is 25.0 Å². The van der Waals surface area contributed by atoms with Crippen molar-refractivity contribution < 1.29 is 19.1 Å². The lowest BCUT2D eigenvalue weighted by Gasteiger charge is -2.10. The molecule has 2 aliphatic rings. The Morgan fingerprint density at radius 1 is 1.00 bits per heavy atom. The summed E-state index contributed by atoms with van der Waals surface area (Å²) < 4.78 is 9.95. The maximum absolute atomic E-state index is 11.8. The van der Waals surface area contributed by atoms with Gasteiger partial charge in [0, 0.05) is 11.8 Å². The number of carbonyl (C=O) groups is 2. The van der Waals surface area contributed by atoms with Crippen LogP contribution in [0.3, 0.4) is 0 Å². The molecule has 0 aliphatic heterocycles. The molecule has 0 radical (unpaired) electrons. The predicted octanol–water partition coefficient (Wildman–Crippen LogP) is 1.50. The lowest BCUT2D eigenvalue weighted by molar-refractivity contribution is -0.157. The Labute approximate surface area is 128 Å². The van der Waals surface area contributed by atoms with Crippen molar-refractivity contribution in [2.45, 2.75) is 12.8 Å². The predicted molar refractivity (Wildman–Crippen MR) is 74.6 cm³/mol. The van der Waals surface area contributed by atoms with E-state index in [0.717, 1.165) is 0 Å². The molecule has 0 spiro atoms. The number of hydrogen-bond acceptors (Lipinski definition) is 6. The van der Waals surface area contributed by atoms with E-state index in [1.165, 1.54) is 0 Å². The standard InChI is InChI=1S/C16H16N2O4/c1-3-11-7-15(11,9-17)13(19)21-5-6-22-14(20)16(10-18)8-12(16)4-2/h3-4,11-12H,1-2,5-8H2. The Kier molecular flexibility index (Phi) is 4.05. The van der Waals surface area contributed by atoms with Crippen molar-refractivity contribution in [1.29, 1.82) is 10.5 Å². The lowest BCUT2D eigenvalue weighted by Crippen LogP contribution is -2.24. The minimum atomic E-state index is -1.13. The summed E-state index contributed by atoms with van der Waals surface area (Å²) in [5.74, 6) is -1.62. The number of nitrogens with zero attached hydrogens (tertiary/aromatic N) is 2. The van der Waals surface area contributed by atoms with Crippen molar-refractivity contribution >= 4 is 11.9 Å². The minimum absolute atomic E-state index is 0.141. The molecule has 22 heavy (non-hydrogen) atoms. The van der Waals surface area contributed by atoms with Crippen LogP contribution in [0.4, 0.5) is 0 Å². The molecule has 0 N–H and O–H groups in total. The molecule has 2 saturated carbocycles. The first-order valence-electron chi connectivity index (χ1n) is 6.93. The quantitative estimate of drug-likeness (QED) is 0.401. The van der Waals surface area contributed by atoms with Crippen LogP contribution in [0.2, 0.25) is 0 Å². The monoisotopic (exact) mass is 300 g/mol. The molecule has 0 saturated heterocycles. The summed E-state index contributed by atoms with van der Waals surface area (Å²) >= 11 is 0. The highest BCUT2D eigenvalue weighted by Crippen LogP contribution is 2.54. The number of hydrogen-bond donors (Lipinski definition) is 0. The summed E-state index contributed by atoms with van der Waals surface area (Å²) in [6, 6.07) is 3.90. The molecule has 0 heterocycles. The van der Waals surface area contributed by atoms with Crippen molar-refractivity contribution in [2.75, 3.05) is 13.2 Å². The van der Waals surface area contributed by atoms with Crippen LogP contribution in [0.1, 0.15) is 12.8 Å². The number of rotatable bonds is 7. The zero-order chi connectivity index (χ0) is 16.4. The Morgan fingerprint density at radius 3 is 1.59 bits per heavy atom. The number of nitriles is 2. The molecular formula is C16H16N2O4. The normalized spacial score (nSPS) is 34.5. The fourth-order valence-electron chi connectivity index (χ4n) is 2.49. The minimum Gasteiger partial charge on any atom is -0.461 e. The maximum Gasteiger partial charge on any atom is 0.327 e. The van der Waals surface area contributed by atoms with Crippen molar-refractivity contribution in [3.05, 3.63) is 25.3 Å². The molecule has 2 fully saturated rings. The summed E-state index contributed by atoms with van der Waals surface area (Å²) in [5, 5.41) is 18.1. The Balaban J connectivity index is 1.75. The van der Waals surface area contributed by atoms with E-state index < -0.39 is 22.8 Å². The van der Waals surface area contributed by atoms with Crippen LogP contribution in [0.25, 0.3) is 0 Å². The molecule has 6 heteroatoms.